The van der Waals surface area contributed by atoms with Crippen LogP contribution < -0.4 is 20.7 Å². The normalized spacial score (nSPS) is 24.4. The van der Waals surface area contributed by atoms with Gasteiger partial charge in [-0.3, -0.25) is 19.1 Å². The van der Waals surface area contributed by atoms with Gasteiger partial charge in [0.15, 0.2) is 0 Å². The topological polar surface area (TPSA) is 164 Å². The van der Waals surface area contributed by atoms with Crippen molar-refractivity contribution in [3.63, 3.8) is 0 Å². The Morgan fingerprint density at radius 2 is 1.53 bits per heavy atom. The highest BCUT2D eigenvalue weighted by molar-refractivity contribution is 7.44. The molecule has 7 atom stereocenters. The van der Waals surface area contributed by atoms with Gasteiger partial charge in [-0.1, -0.05) is 54.6 Å². The first-order chi connectivity index (χ1) is 29.8. The number of aromatic nitrogens is 2. The summed E-state index contributed by atoms with van der Waals surface area (Å²) < 4.78 is 49.7. The van der Waals surface area contributed by atoms with Gasteiger partial charge in [0, 0.05) is 36.2 Å². The minimum absolute atomic E-state index is 0.0239. The Kier molecular flexibility index (Phi) is 13.4. The minimum atomic E-state index is -1.91. The van der Waals surface area contributed by atoms with E-state index < -0.39 is 60.8 Å². The Bertz CT molecular complexity index is 2290. The molecule has 3 aromatic carbocycles. The summed E-state index contributed by atoms with van der Waals surface area (Å²) in [5.74, 6) is 0.116. The second-order valence-corrected chi connectivity index (χ2v) is 18.1. The molecule has 0 spiro atoms. The van der Waals surface area contributed by atoms with Gasteiger partial charge in [-0.05, 0) is 94.8 Å². The average Bonchev–Trinajstić information content (AvgIpc) is 3.77. The first-order valence-electron chi connectivity index (χ1n) is 21.2. The van der Waals surface area contributed by atoms with Gasteiger partial charge in [-0.15, -0.1) is 0 Å². The fraction of sp³-hybridized carbons (Fsp3) is 0.489. The highest BCUT2D eigenvalue weighted by Gasteiger charge is 2.83. The Morgan fingerprint density at radius 1 is 0.935 bits per heavy atom. The molecule has 0 radical (unpaired) electrons. The maximum absolute atomic E-state index is 13.9. The van der Waals surface area contributed by atoms with Crippen molar-refractivity contribution < 1.29 is 37.5 Å². The largest absolute Gasteiger partial charge is 0.497 e. The van der Waals surface area contributed by atoms with Crippen LogP contribution in [-0.4, -0.2) is 77.0 Å². The third-order valence-corrected chi connectivity index (χ3v) is 14.6. The van der Waals surface area contributed by atoms with E-state index in [1.807, 2.05) is 78.9 Å². The number of methoxy groups -OCH3 is 2. The van der Waals surface area contributed by atoms with Gasteiger partial charge >= 0.3 is 11.7 Å². The Balaban J connectivity index is 1.48. The molecule has 1 saturated heterocycles. The molecule has 1 aliphatic heterocycles. The Morgan fingerprint density at radius 3 is 2.08 bits per heavy atom. The van der Waals surface area contributed by atoms with E-state index in [0.29, 0.717) is 23.5 Å². The van der Waals surface area contributed by atoms with E-state index in [9.17, 15) is 19.6 Å². The highest BCUT2D eigenvalue weighted by Crippen LogP contribution is 2.75. The molecule has 330 valence electrons. The van der Waals surface area contributed by atoms with E-state index in [1.54, 1.807) is 28.1 Å². The number of aromatic amines is 1. The van der Waals surface area contributed by atoms with E-state index in [-0.39, 0.29) is 50.5 Å². The van der Waals surface area contributed by atoms with Gasteiger partial charge in [0.2, 0.25) is 0 Å². The molecule has 3 unspecified atom stereocenters. The van der Waals surface area contributed by atoms with Gasteiger partial charge in [0.05, 0.1) is 46.3 Å². The van der Waals surface area contributed by atoms with Crippen LogP contribution in [-0.2, 0) is 33.7 Å². The molecule has 2 saturated carbocycles. The number of H-pyrrole nitrogens is 1. The zero-order valence-electron chi connectivity index (χ0n) is 36.7. The number of nitrogens with one attached hydrogen (secondary N) is 1. The van der Waals surface area contributed by atoms with Gasteiger partial charge in [0.1, 0.15) is 40.6 Å². The van der Waals surface area contributed by atoms with Gasteiger partial charge in [-0.25, -0.2) is 9.46 Å². The zero-order valence-corrected chi connectivity index (χ0v) is 37.6. The smallest absolute Gasteiger partial charge is 0.330 e. The lowest BCUT2D eigenvalue weighted by atomic mass is 9.79. The Hall–Kier alpha value is -4.87. The van der Waals surface area contributed by atoms with Crippen molar-refractivity contribution >= 4 is 14.5 Å². The lowest BCUT2D eigenvalue weighted by Gasteiger charge is -2.45. The van der Waals surface area contributed by atoms with Crippen LogP contribution in [0, 0.1) is 30.1 Å². The number of benzene rings is 3. The van der Waals surface area contributed by atoms with Crippen LogP contribution in [0.2, 0.25) is 0 Å². The summed E-state index contributed by atoms with van der Waals surface area (Å²) in [7, 11) is 1.33. The van der Waals surface area contributed by atoms with Crippen molar-refractivity contribution in [2.24, 2.45) is 11.8 Å². The van der Waals surface area contributed by atoms with Crippen LogP contribution in [0.25, 0.3) is 0 Å². The Labute approximate surface area is 364 Å². The van der Waals surface area contributed by atoms with Crippen molar-refractivity contribution in [1.29, 1.82) is 5.26 Å². The second-order valence-electron chi connectivity index (χ2n) is 16.7. The van der Waals surface area contributed by atoms with Gasteiger partial charge in [0.25, 0.3) is 14.1 Å². The number of fused-ring (bicyclic) bond motifs is 3. The average molecular weight is 869 g/mol. The summed E-state index contributed by atoms with van der Waals surface area (Å²) in [6.07, 6.45) is 0.402. The van der Waals surface area contributed by atoms with Crippen molar-refractivity contribution in [1.82, 2.24) is 14.2 Å². The summed E-state index contributed by atoms with van der Waals surface area (Å²) in [6, 6.07) is 27.6. The number of nitriles is 1. The standard InChI is InChI=1S/C47H57N4O10P/c1-9-57-41(52)26-38-39-27-45(39,60-47(33-14-11-10-12-15-33,34-16-20-36(55-7)21-17-34)35-18-22-37(56-8)23-19-35)43-46(38,28-40(59-43)50-29-32(6)42(53)49-44(50)54)61-62(58-25-13-24-48)51(30(2)3)31(4)5/h10-12,14-23,29-31,38-40,43H,9,13,25-28H2,1-8H3,(H,49,53,54)/t38-,39?,40+,43?,45+,46+,62?/m0/s1. The molecule has 15 heteroatoms. The molecule has 1 N–H and O–H groups in total. The molecule has 0 amide bonds. The molecular formula is C47H57N4O10P. The molecule has 0 bridgehead atoms. The molecule has 3 fully saturated rings. The molecule has 62 heavy (non-hydrogen) atoms. The summed E-state index contributed by atoms with van der Waals surface area (Å²) >= 11 is 0. The van der Waals surface area contributed by atoms with Crippen molar-refractivity contribution in [2.75, 3.05) is 27.4 Å². The number of hydrogen-bond acceptors (Lipinski definition) is 12. The van der Waals surface area contributed by atoms with Crippen LogP contribution in [0.1, 0.15) is 88.8 Å². The third kappa shape index (κ3) is 8.23. The first kappa shape index (κ1) is 45.2. The number of carbonyl (C=O) groups is 1. The molecule has 7 rings (SSSR count). The number of nitrogens with zero attached hydrogens (tertiary/aromatic N) is 3. The zero-order chi connectivity index (χ0) is 44.4. The number of carbonyl (C=O) groups excluding carboxylic acids is 1. The van der Waals surface area contributed by atoms with Crippen LogP contribution in [0.15, 0.2) is 94.6 Å². The molecule has 2 aliphatic carbocycles. The van der Waals surface area contributed by atoms with Crippen LogP contribution >= 0.6 is 8.53 Å². The number of esters is 1. The molecule has 4 aromatic rings. The van der Waals surface area contributed by atoms with E-state index in [2.05, 4.69) is 43.4 Å². The first-order valence-corrected chi connectivity index (χ1v) is 22.4. The van der Waals surface area contributed by atoms with Crippen molar-refractivity contribution in [3.8, 4) is 17.6 Å². The fourth-order valence-electron chi connectivity index (χ4n) is 9.70. The predicted octanol–water partition coefficient (Wildman–Crippen LogP) is 7.53. The van der Waals surface area contributed by atoms with E-state index in [4.69, 9.17) is 32.7 Å². The lowest BCUT2D eigenvalue weighted by molar-refractivity contribution is -0.165. The quantitative estimate of drug-likeness (QED) is 0.0427. The van der Waals surface area contributed by atoms with Gasteiger partial charge < -0.3 is 32.7 Å². The monoisotopic (exact) mass is 868 g/mol. The number of hydrogen-bond donors (Lipinski definition) is 1. The van der Waals surface area contributed by atoms with E-state index >= 15 is 0 Å². The van der Waals surface area contributed by atoms with Crippen LogP contribution in [0.3, 0.4) is 0 Å². The third-order valence-electron chi connectivity index (χ3n) is 12.4. The summed E-state index contributed by atoms with van der Waals surface area (Å²) in [4.78, 5) is 42.7. The molecule has 1 aromatic heterocycles. The summed E-state index contributed by atoms with van der Waals surface area (Å²) in [6.45, 7) is 11.9. The van der Waals surface area contributed by atoms with Crippen LogP contribution in [0.4, 0.5) is 0 Å². The molecule has 14 nitrogen and oxygen atoms in total. The maximum Gasteiger partial charge on any atom is 0.330 e. The van der Waals surface area contributed by atoms with Crippen LogP contribution in [0.5, 0.6) is 11.5 Å². The summed E-state index contributed by atoms with van der Waals surface area (Å²) in [5, 5.41) is 9.58. The van der Waals surface area contributed by atoms with Crippen molar-refractivity contribution in [2.45, 2.75) is 108 Å². The number of ether oxygens (including phenoxy) is 5. The molecule has 3 aliphatic rings. The second kappa shape index (κ2) is 18.5. The molecule has 2 heterocycles. The predicted molar refractivity (Wildman–Crippen MR) is 233 cm³/mol. The number of rotatable bonds is 19. The van der Waals surface area contributed by atoms with E-state index in [1.165, 1.54) is 10.8 Å². The molecular weight excluding hydrogens is 812 g/mol. The number of aryl methyl sites for hydroxylation is 1. The highest BCUT2D eigenvalue weighted by atomic mass is 31.2. The van der Waals surface area contributed by atoms with E-state index in [0.717, 1.165) is 16.7 Å². The van der Waals surface area contributed by atoms with Gasteiger partial charge in [-0.2, -0.15) is 5.26 Å². The fourth-order valence-corrected chi connectivity index (χ4v) is 11.6. The SMILES string of the molecule is CCOC(=O)C[C@H]1C2C[C@]2(OC(c2ccccc2)(c2ccc(OC)cc2)c2ccc(OC)cc2)C2O[C@@H](n3cc(C)c(=O)[nH]c3=O)C[C@]21OP(OCCC#N)N(C(C)C)C(C)C. The minimum Gasteiger partial charge on any atom is -0.497 e. The lowest BCUT2D eigenvalue weighted by Crippen LogP contribution is -2.52. The maximum atomic E-state index is 13.9. The van der Waals surface area contributed by atoms with Crippen molar-refractivity contribution in [3.05, 3.63) is 128 Å². The summed E-state index contributed by atoms with van der Waals surface area (Å²) in [5.41, 5.74) is -2.04.